The first-order chi connectivity index (χ1) is 13.8. The molecule has 1 aliphatic heterocycles. The number of nitrogens with one attached hydrogen (secondary N) is 3. The average molecular weight is 389 g/mol. The van der Waals surface area contributed by atoms with E-state index in [4.69, 9.17) is 0 Å². The van der Waals surface area contributed by atoms with Crippen molar-refractivity contribution in [2.45, 2.75) is 38.5 Å². The number of amides is 2. The summed E-state index contributed by atoms with van der Waals surface area (Å²) in [4.78, 5) is 29.1. The van der Waals surface area contributed by atoms with Gasteiger partial charge in [-0.25, -0.2) is 0 Å². The summed E-state index contributed by atoms with van der Waals surface area (Å²) in [5.41, 5.74) is 3.63. The van der Waals surface area contributed by atoms with Crippen LogP contribution in [-0.2, 0) is 15.0 Å². The van der Waals surface area contributed by atoms with Crippen LogP contribution in [0, 0.1) is 0 Å². The molecule has 1 aromatic heterocycles. The summed E-state index contributed by atoms with van der Waals surface area (Å²) >= 11 is 0. The van der Waals surface area contributed by atoms with E-state index in [0.717, 1.165) is 11.1 Å². The maximum atomic E-state index is 12.8. The quantitative estimate of drug-likeness (QED) is 0.634. The van der Waals surface area contributed by atoms with Gasteiger partial charge < -0.3 is 5.32 Å². The Morgan fingerprint density at radius 1 is 1.10 bits per heavy atom. The molecule has 1 aliphatic rings. The lowest BCUT2D eigenvalue weighted by atomic mass is 9.87. The van der Waals surface area contributed by atoms with E-state index >= 15 is 0 Å². The molecular weight excluding hydrogens is 366 g/mol. The molecule has 2 amide bonds. The summed E-state index contributed by atoms with van der Waals surface area (Å²) in [7, 11) is 0. The van der Waals surface area contributed by atoms with Gasteiger partial charge in [-0.05, 0) is 22.6 Å². The monoisotopic (exact) mass is 389 g/mol. The Balaban J connectivity index is 1.51. The van der Waals surface area contributed by atoms with E-state index in [1.165, 1.54) is 5.56 Å². The first-order valence-electron chi connectivity index (χ1n) is 9.54. The smallest absolute Gasteiger partial charge is 0.249 e. The molecule has 7 nitrogen and oxygen atoms in total. The molecule has 0 fully saturated rings. The number of carbonyl (C=O) groups excluding carboxylic acids is 2. The fourth-order valence-electron chi connectivity index (χ4n) is 3.42. The number of benzene rings is 2. The second-order valence-electron chi connectivity index (χ2n) is 8.22. The van der Waals surface area contributed by atoms with Crippen LogP contribution >= 0.6 is 0 Å². The lowest BCUT2D eigenvalue weighted by molar-refractivity contribution is -0.123. The summed E-state index contributed by atoms with van der Waals surface area (Å²) in [6, 6.07) is 15.4. The van der Waals surface area contributed by atoms with Crippen LogP contribution in [0.5, 0.6) is 0 Å². The zero-order chi connectivity index (χ0) is 20.6. The van der Waals surface area contributed by atoms with Crippen molar-refractivity contribution in [1.29, 1.82) is 0 Å². The number of H-pyrrole nitrogens is 1. The van der Waals surface area contributed by atoms with Crippen LogP contribution in [0.25, 0.3) is 11.4 Å². The number of carbonyl (C=O) groups is 2. The van der Waals surface area contributed by atoms with Crippen molar-refractivity contribution in [3.63, 3.8) is 0 Å². The zero-order valence-electron chi connectivity index (χ0n) is 16.6. The van der Waals surface area contributed by atoms with E-state index in [2.05, 4.69) is 58.7 Å². The summed E-state index contributed by atoms with van der Waals surface area (Å²) in [6.07, 6.45) is 0.0917. The molecule has 3 aromatic rings. The van der Waals surface area contributed by atoms with Crippen LogP contribution in [0.3, 0.4) is 0 Å². The van der Waals surface area contributed by atoms with Crippen LogP contribution < -0.4 is 10.6 Å². The first-order valence-corrected chi connectivity index (χ1v) is 9.54. The predicted molar refractivity (Wildman–Crippen MR) is 112 cm³/mol. The molecule has 2 heterocycles. The van der Waals surface area contributed by atoms with E-state index in [9.17, 15) is 9.59 Å². The Bertz CT molecular complexity index is 1060. The molecule has 2 aromatic carbocycles. The minimum atomic E-state index is -0.576. The van der Waals surface area contributed by atoms with E-state index in [1.807, 2.05) is 30.3 Å². The Morgan fingerprint density at radius 3 is 2.55 bits per heavy atom. The number of aromatic amines is 1. The number of rotatable bonds is 3. The zero-order valence-corrected chi connectivity index (χ0v) is 16.6. The summed E-state index contributed by atoms with van der Waals surface area (Å²) < 4.78 is 0. The maximum Gasteiger partial charge on any atom is 0.249 e. The van der Waals surface area contributed by atoms with Crippen LogP contribution in [-0.4, -0.2) is 27.0 Å². The second-order valence-corrected chi connectivity index (χ2v) is 8.22. The molecule has 3 N–H and O–H groups in total. The summed E-state index contributed by atoms with van der Waals surface area (Å²) in [5, 5.41) is 12.5. The van der Waals surface area contributed by atoms with Gasteiger partial charge in [-0.3, -0.25) is 20.0 Å². The van der Waals surface area contributed by atoms with Gasteiger partial charge in [-0.15, -0.1) is 5.10 Å². The molecule has 0 saturated heterocycles. The molecule has 4 rings (SSSR count). The van der Waals surface area contributed by atoms with Crippen molar-refractivity contribution in [3.8, 4) is 11.4 Å². The minimum absolute atomic E-state index is 0.0711. The van der Waals surface area contributed by atoms with Gasteiger partial charge in [0.2, 0.25) is 17.8 Å². The topological polar surface area (TPSA) is 99.8 Å². The molecule has 7 heteroatoms. The van der Waals surface area contributed by atoms with Crippen molar-refractivity contribution in [1.82, 2.24) is 15.2 Å². The Hall–Kier alpha value is -3.48. The van der Waals surface area contributed by atoms with Gasteiger partial charge in [-0.2, -0.15) is 4.98 Å². The highest BCUT2D eigenvalue weighted by atomic mass is 16.2. The number of hydrogen-bond donors (Lipinski definition) is 3. The molecule has 1 atom stereocenters. The van der Waals surface area contributed by atoms with Gasteiger partial charge in [0.05, 0.1) is 5.92 Å². The highest BCUT2D eigenvalue weighted by Crippen LogP contribution is 2.32. The number of aromatic nitrogens is 3. The molecule has 1 unspecified atom stereocenters. The Kier molecular flexibility index (Phi) is 4.66. The van der Waals surface area contributed by atoms with Gasteiger partial charge >= 0.3 is 0 Å². The van der Waals surface area contributed by atoms with Gasteiger partial charge in [0, 0.05) is 17.7 Å². The van der Waals surface area contributed by atoms with Gasteiger partial charge in [0.15, 0.2) is 5.82 Å². The molecule has 0 aliphatic carbocycles. The van der Waals surface area contributed by atoms with E-state index in [1.54, 1.807) is 6.07 Å². The van der Waals surface area contributed by atoms with Crippen molar-refractivity contribution in [3.05, 3.63) is 59.7 Å². The van der Waals surface area contributed by atoms with Crippen LogP contribution in [0.4, 0.5) is 11.6 Å². The average Bonchev–Trinajstić information content (AvgIpc) is 3.15. The van der Waals surface area contributed by atoms with Crippen LogP contribution in [0.1, 0.15) is 44.2 Å². The fourth-order valence-corrected chi connectivity index (χ4v) is 3.42. The molecule has 0 radical (unpaired) electrons. The largest absolute Gasteiger partial charge is 0.326 e. The van der Waals surface area contributed by atoms with Crippen LogP contribution in [0.15, 0.2) is 48.5 Å². The predicted octanol–water partition coefficient (Wildman–Crippen LogP) is 3.83. The molecule has 148 valence electrons. The normalized spacial score (nSPS) is 16.1. The third-order valence-corrected chi connectivity index (χ3v) is 5.06. The third-order valence-electron chi connectivity index (χ3n) is 5.06. The van der Waals surface area contributed by atoms with E-state index in [-0.39, 0.29) is 29.6 Å². The van der Waals surface area contributed by atoms with Crippen molar-refractivity contribution >= 4 is 23.5 Å². The van der Waals surface area contributed by atoms with Crippen molar-refractivity contribution < 1.29 is 9.59 Å². The second kappa shape index (κ2) is 7.16. The van der Waals surface area contributed by atoms with Crippen LogP contribution in [0.2, 0.25) is 0 Å². The standard InChI is InChI=1S/C22H23N5O2/c1-22(2,3)14-10-8-13(9-11-14)19-24-21(27-26-19)25-20(29)16-12-18(28)23-17-7-5-4-6-15(16)17/h4-11,16H,12H2,1-3H3,(H,23,28)(H2,24,25,26,27,29). The van der Waals surface area contributed by atoms with Crippen molar-refractivity contribution in [2.24, 2.45) is 0 Å². The summed E-state index contributed by atoms with van der Waals surface area (Å²) in [6.45, 7) is 6.48. The number of hydrogen-bond acceptors (Lipinski definition) is 4. The highest BCUT2D eigenvalue weighted by molar-refractivity contribution is 6.04. The van der Waals surface area contributed by atoms with Gasteiger partial charge in [0.1, 0.15) is 0 Å². The SMILES string of the molecule is CC(C)(C)c1ccc(-c2nc(NC(=O)C3CC(=O)Nc4ccccc43)n[nH]2)cc1. The number of anilines is 2. The molecular formula is C22H23N5O2. The number of para-hydroxylation sites is 1. The molecule has 0 saturated carbocycles. The number of fused-ring (bicyclic) bond motifs is 1. The molecule has 29 heavy (non-hydrogen) atoms. The van der Waals surface area contributed by atoms with Gasteiger partial charge in [-0.1, -0.05) is 63.2 Å². The lowest BCUT2D eigenvalue weighted by Gasteiger charge is -2.24. The fraction of sp³-hybridized carbons (Fsp3) is 0.273. The van der Waals surface area contributed by atoms with E-state index in [0.29, 0.717) is 11.5 Å². The highest BCUT2D eigenvalue weighted by Gasteiger charge is 2.31. The maximum absolute atomic E-state index is 12.8. The Morgan fingerprint density at radius 2 is 1.83 bits per heavy atom. The number of nitrogens with zero attached hydrogens (tertiary/aromatic N) is 2. The van der Waals surface area contributed by atoms with Crippen molar-refractivity contribution in [2.75, 3.05) is 10.6 Å². The third kappa shape index (κ3) is 3.89. The molecule has 0 bridgehead atoms. The Labute approximate surface area is 168 Å². The van der Waals surface area contributed by atoms with E-state index < -0.39 is 5.92 Å². The molecule has 0 spiro atoms. The first kappa shape index (κ1) is 18.9. The minimum Gasteiger partial charge on any atom is -0.326 e. The van der Waals surface area contributed by atoms with Gasteiger partial charge in [0.25, 0.3) is 0 Å². The lowest BCUT2D eigenvalue weighted by Crippen LogP contribution is -2.31. The summed E-state index contributed by atoms with van der Waals surface area (Å²) in [5.74, 6) is -0.303.